The quantitative estimate of drug-likeness (QED) is 0.893. The van der Waals surface area contributed by atoms with Crippen LogP contribution in [0.2, 0.25) is 0 Å². The van der Waals surface area contributed by atoms with Crippen LogP contribution in [-0.2, 0) is 4.79 Å². The molecule has 2 N–H and O–H groups in total. The van der Waals surface area contributed by atoms with Crippen molar-refractivity contribution in [1.82, 2.24) is 10.2 Å². The summed E-state index contributed by atoms with van der Waals surface area (Å²) in [4.78, 5) is 15.0. The van der Waals surface area contributed by atoms with Gasteiger partial charge in [0.1, 0.15) is 5.75 Å². The molecule has 3 aliphatic rings. The molecule has 0 bridgehead atoms. The highest BCUT2D eigenvalue weighted by Crippen LogP contribution is 2.52. The first kappa shape index (κ1) is 15.9. The smallest absolute Gasteiger partial charge is 0.228 e. The Morgan fingerprint density at radius 1 is 1.21 bits per heavy atom. The topological polar surface area (TPSA) is 53.6 Å². The molecule has 1 aromatic rings. The van der Waals surface area contributed by atoms with Gasteiger partial charge in [-0.3, -0.25) is 4.79 Å². The van der Waals surface area contributed by atoms with Gasteiger partial charge in [0.05, 0.1) is 12.3 Å². The first-order valence-corrected chi connectivity index (χ1v) is 9.10. The summed E-state index contributed by atoms with van der Waals surface area (Å²) in [5, 5.41) is 6.58. The number of ether oxygens (including phenoxy) is 1. The van der Waals surface area contributed by atoms with Crippen LogP contribution in [0.5, 0.6) is 5.75 Å². The number of amides is 1. The molecule has 0 aromatic heterocycles. The Kier molecular flexibility index (Phi) is 4.22. The van der Waals surface area contributed by atoms with E-state index in [1.165, 1.54) is 5.56 Å². The second-order valence-corrected chi connectivity index (χ2v) is 7.51. The lowest BCUT2D eigenvalue weighted by atomic mass is 9.98. The molecule has 5 nitrogen and oxygen atoms in total. The van der Waals surface area contributed by atoms with Gasteiger partial charge in [-0.15, -0.1) is 0 Å². The maximum atomic E-state index is 12.8. The van der Waals surface area contributed by atoms with E-state index in [1.807, 2.05) is 12.1 Å². The number of benzene rings is 1. The number of nitrogens with zero attached hydrogens (tertiary/aromatic N) is 1. The average molecular weight is 329 g/mol. The number of nitrogens with one attached hydrogen (secondary N) is 2. The second-order valence-electron chi connectivity index (χ2n) is 7.51. The van der Waals surface area contributed by atoms with E-state index in [0.717, 1.165) is 43.8 Å². The minimum absolute atomic E-state index is 0.177. The number of carbonyl (C=O) groups excluding carboxylic acids is 1. The predicted molar refractivity (Wildman–Crippen MR) is 94.2 cm³/mol. The largest absolute Gasteiger partial charge is 0.491 e. The van der Waals surface area contributed by atoms with E-state index < -0.39 is 0 Å². The first-order chi connectivity index (χ1) is 11.7. The van der Waals surface area contributed by atoms with Crippen molar-refractivity contribution in [3.8, 4) is 5.75 Å². The number of rotatable bonds is 3. The Labute approximate surface area is 143 Å². The molecular formula is C19H27N3O2. The molecule has 1 saturated carbocycles. The summed E-state index contributed by atoms with van der Waals surface area (Å²) >= 11 is 0. The SMILES string of the molecule is CN(C)C1CCOc2c(NC(=O)C3[C@H]4CCNCC[C@@H]34)cccc21. The van der Waals surface area contributed by atoms with E-state index in [0.29, 0.717) is 24.5 Å². The summed E-state index contributed by atoms with van der Waals surface area (Å²) in [7, 11) is 4.19. The Bertz CT molecular complexity index is 619. The highest BCUT2D eigenvalue weighted by molar-refractivity contribution is 5.96. The van der Waals surface area contributed by atoms with Gasteiger partial charge in [-0.1, -0.05) is 12.1 Å². The lowest BCUT2D eigenvalue weighted by Gasteiger charge is -2.31. The lowest BCUT2D eigenvalue weighted by Crippen LogP contribution is -2.27. The van der Waals surface area contributed by atoms with Crippen molar-refractivity contribution < 1.29 is 9.53 Å². The summed E-state index contributed by atoms with van der Waals surface area (Å²) in [6, 6.07) is 6.45. The van der Waals surface area contributed by atoms with Gasteiger partial charge in [0.2, 0.25) is 5.91 Å². The van der Waals surface area contributed by atoms with Gasteiger partial charge in [-0.25, -0.2) is 0 Å². The standard InChI is InChI=1S/C19H27N3O2/c1-22(2)16-8-11-24-18-14(16)4-3-5-15(18)21-19(23)17-12-6-9-20-10-7-13(12)17/h3-5,12-13,16-17,20H,6-11H2,1-2H3,(H,21,23)/t12-,13+,16?,17?. The number of anilines is 1. The Balaban J connectivity index is 1.51. The molecule has 0 radical (unpaired) electrons. The average Bonchev–Trinajstić information content (AvgIpc) is 3.29. The van der Waals surface area contributed by atoms with Crippen molar-refractivity contribution in [1.29, 1.82) is 0 Å². The fourth-order valence-corrected chi connectivity index (χ4v) is 4.54. The fraction of sp³-hybridized carbons (Fsp3) is 0.632. The van der Waals surface area contributed by atoms with Gasteiger partial charge in [-0.2, -0.15) is 0 Å². The zero-order chi connectivity index (χ0) is 16.7. The van der Waals surface area contributed by atoms with Crippen molar-refractivity contribution in [3.63, 3.8) is 0 Å². The minimum atomic E-state index is 0.177. The molecule has 1 aromatic carbocycles. The fourth-order valence-electron chi connectivity index (χ4n) is 4.54. The number of fused-ring (bicyclic) bond motifs is 2. The van der Waals surface area contributed by atoms with Crippen LogP contribution in [0.3, 0.4) is 0 Å². The molecule has 1 amide bonds. The monoisotopic (exact) mass is 329 g/mol. The predicted octanol–water partition coefficient (Wildman–Crippen LogP) is 2.26. The van der Waals surface area contributed by atoms with Crippen LogP contribution in [0.25, 0.3) is 0 Å². The number of hydrogen-bond donors (Lipinski definition) is 2. The van der Waals surface area contributed by atoms with Crippen molar-refractivity contribution in [2.24, 2.45) is 17.8 Å². The third kappa shape index (κ3) is 2.80. The Morgan fingerprint density at radius 2 is 1.96 bits per heavy atom. The van der Waals surface area contributed by atoms with Crippen LogP contribution >= 0.6 is 0 Å². The molecule has 130 valence electrons. The van der Waals surface area contributed by atoms with E-state index in [9.17, 15) is 4.79 Å². The van der Waals surface area contributed by atoms with Gasteiger partial charge in [0, 0.05) is 23.9 Å². The molecule has 2 unspecified atom stereocenters. The van der Waals surface area contributed by atoms with Crippen LogP contribution in [-0.4, -0.2) is 44.6 Å². The molecule has 2 fully saturated rings. The zero-order valence-corrected chi connectivity index (χ0v) is 14.5. The van der Waals surface area contributed by atoms with E-state index in [1.54, 1.807) is 0 Å². The van der Waals surface area contributed by atoms with E-state index in [-0.39, 0.29) is 11.8 Å². The van der Waals surface area contributed by atoms with Crippen LogP contribution in [0.15, 0.2) is 18.2 Å². The summed E-state index contributed by atoms with van der Waals surface area (Å²) in [5.41, 5.74) is 2.02. The first-order valence-electron chi connectivity index (χ1n) is 9.10. The van der Waals surface area contributed by atoms with Crippen molar-refractivity contribution in [2.45, 2.75) is 25.3 Å². The maximum Gasteiger partial charge on any atom is 0.228 e. The molecule has 2 heterocycles. The molecule has 2 aliphatic heterocycles. The van der Waals surface area contributed by atoms with E-state index in [4.69, 9.17) is 4.74 Å². The van der Waals surface area contributed by atoms with Crippen molar-refractivity contribution in [3.05, 3.63) is 23.8 Å². The summed E-state index contributed by atoms with van der Waals surface area (Å²) in [5.74, 6) is 2.36. The van der Waals surface area contributed by atoms with Crippen LogP contribution < -0.4 is 15.4 Å². The number of hydrogen-bond acceptors (Lipinski definition) is 4. The molecule has 4 atom stereocenters. The van der Waals surface area contributed by atoms with Gasteiger partial charge < -0.3 is 20.3 Å². The highest BCUT2D eigenvalue weighted by atomic mass is 16.5. The molecule has 1 aliphatic carbocycles. The van der Waals surface area contributed by atoms with Crippen molar-refractivity contribution >= 4 is 11.6 Å². The highest BCUT2D eigenvalue weighted by Gasteiger charge is 2.54. The maximum absolute atomic E-state index is 12.8. The molecule has 0 spiro atoms. The third-order valence-corrected chi connectivity index (χ3v) is 5.87. The van der Waals surface area contributed by atoms with Gasteiger partial charge in [-0.05, 0) is 57.9 Å². The van der Waals surface area contributed by atoms with Gasteiger partial charge in [0.15, 0.2) is 0 Å². The molecule has 4 rings (SSSR count). The Morgan fingerprint density at radius 3 is 2.67 bits per heavy atom. The van der Waals surface area contributed by atoms with Crippen LogP contribution in [0, 0.1) is 17.8 Å². The number of para-hydroxylation sites is 1. The normalized spacial score (nSPS) is 31.5. The number of carbonyl (C=O) groups is 1. The van der Waals surface area contributed by atoms with Gasteiger partial charge >= 0.3 is 0 Å². The van der Waals surface area contributed by atoms with Gasteiger partial charge in [0.25, 0.3) is 0 Å². The van der Waals surface area contributed by atoms with E-state index in [2.05, 4.69) is 35.7 Å². The molecular weight excluding hydrogens is 302 g/mol. The van der Waals surface area contributed by atoms with Crippen molar-refractivity contribution in [2.75, 3.05) is 39.1 Å². The minimum Gasteiger partial charge on any atom is -0.491 e. The lowest BCUT2D eigenvalue weighted by molar-refractivity contribution is -0.118. The summed E-state index contributed by atoms with van der Waals surface area (Å²) in [6.07, 6.45) is 3.22. The van der Waals surface area contributed by atoms with E-state index >= 15 is 0 Å². The zero-order valence-electron chi connectivity index (χ0n) is 14.5. The second kappa shape index (κ2) is 6.37. The van der Waals surface area contributed by atoms with Crippen LogP contribution in [0.4, 0.5) is 5.69 Å². The Hall–Kier alpha value is -1.59. The summed E-state index contributed by atoms with van der Waals surface area (Å²) < 4.78 is 5.92. The molecule has 24 heavy (non-hydrogen) atoms. The van der Waals surface area contributed by atoms with Crippen LogP contribution in [0.1, 0.15) is 30.9 Å². The molecule has 1 saturated heterocycles. The summed E-state index contributed by atoms with van der Waals surface area (Å²) in [6.45, 7) is 2.78. The third-order valence-electron chi connectivity index (χ3n) is 5.87. The molecule has 5 heteroatoms.